The van der Waals surface area contributed by atoms with Gasteiger partial charge in [-0.05, 0) is 43.5 Å². The number of ether oxygens (including phenoxy) is 2. The number of hydrogen-bond acceptors (Lipinski definition) is 7. The number of anilines is 1. The number of piperazine rings is 1. The van der Waals surface area contributed by atoms with Crippen LogP contribution < -0.4 is 14.8 Å². The molecule has 0 spiro atoms. The van der Waals surface area contributed by atoms with Crippen molar-refractivity contribution in [1.82, 2.24) is 19.8 Å². The highest BCUT2D eigenvalue weighted by atomic mass is 16.7. The molecule has 29 heavy (non-hydrogen) atoms. The van der Waals surface area contributed by atoms with Gasteiger partial charge in [0.25, 0.3) is 5.91 Å². The molecule has 5 rings (SSSR count). The second kappa shape index (κ2) is 7.51. The fourth-order valence-corrected chi connectivity index (χ4v) is 3.72. The molecule has 1 saturated heterocycles. The molecule has 1 N–H and O–H groups in total. The molecule has 2 aromatic rings. The Balaban J connectivity index is 1.19. The van der Waals surface area contributed by atoms with Gasteiger partial charge < -0.3 is 19.7 Å². The minimum atomic E-state index is -0.0166. The Morgan fingerprint density at radius 1 is 1.10 bits per heavy atom. The Kier molecular flexibility index (Phi) is 4.71. The van der Waals surface area contributed by atoms with E-state index in [0.29, 0.717) is 37.6 Å². The number of carbonyl (C=O) groups is 1. The molecular weight excluding hydrogens is 370 g/mol. The Morgan fingerprint density at radius 3 is 2.69 bits per heavy atom. The molecule has 152 valence electrons. The van der Waals surface area contributed by atoms with Crippen molar-refractivity contribution < 1.29 is 14.3 Å². The Morgan fingerprint density at radius 2 is 1.90 bits per heavy atom. The summed E-state index contributed by atoms with van der Waals surface area (Å²) >= 11 is 0. The molecule has 0 atom stereocenters. The average Bonchev–Trinajstić information content (AvgIpc) is 3.41. The van der Waals surface area contributed by atoms with Crippen molar-refractivity contribution in [3.63, 3.8) is 0 Å². The van der Waals surface area contributed by atoms with Gasteiger partial charge in [0.15, 0.2) is 11.5 Å². The van der Waals surface area contributed by atoms with Gasteiger partial charge >= 0.3 is 0 Å². The minimum Gasteiger partial charge on any atom is -0.454 e. The SMILES string of the molecule is Cc1cc(C(=O)N2CCN(Cc3ccc4c(c3)OCO4)CC2)nc(NC2CC2)n1. The number of amides is 1. The fraction of sp³-hybridized carbons (Fsp3) is 0.476. The highest BCUT2D eigenvalue weighted by Crippen LogP contribution is 2.33. The number of carbonyl (C=O) groups excluding carboxylic acids is 1. The molecule has 3 aliphatic rings. The third kappa shape index (κ3) is 4.12. The first-order valence-corrected chi connectivity index (χ1v) is 10.2. The number of nitrogens with one attached hydrogen (secondary N) is 1. The fourth-order valence-electron chi connectivity index (χ4n) is 3.72. The van der Waals surface area contributed by atoms with E-state index in [1.54, 1.807) is 6.07 Å². The van der Waals surface area contributed by atoms with Crippen molar-refractivity contribution in [1.29, 1.82) is 0 Å². The predicted octanol–water partition coefficient (Wildman–Crippen LogP) is 2.05. The first-order chi connectivity index (χ1) is 14.1. The number of benzene rings is 1. The van der Waals surface area contributed by atoms with Crippen LogP contribution in [-0.2, 0) is 6.54 Å². The summed E-state index contributed by atoms with van der Waals surface area (Å²) in [4.78, 5) is 26.1. The van der Waals surface area contributed by atoms with E-state index in [2.05, 4.69) is 26.3 Å². The van der Waals surface area contributed by atoms with Gasteiger partial charge in [-0.1, -0.05) is 6.07 Å². The molecular formula is C21H25N5O3. The highest BCUT2D eigenvalue weighted by molar-refractivity contribution is 5.92. The monoisotopic (exact) mass is 395 g/mol. The van der Waals surface area contributed by atoms with E-state index in [-0.39, 0.29) is 5.91 Å². The van der Waals surface area contributed by atoms with E-state index >= 15 is 0 Å². The van der Waals surface area contributed by atoms with E-state index in [4.69, 9.17) is 9.47 Å². The van der Waals surface area contributed by atoms with Crippen molar-refractivity contribution >= 4 is 11.9 Å². The van der Waals surface area contributed by atoms with E-state index in [9.17, 15) is 4.79 Å². The normalized spacial score (nSPS) is 18.7. The number of rotatable bonds is 5. The zero-order valence-corrected chi connectivity index (χ0v) is 16.6. The zero-order chi connectivity index (χ0) is 19.8. The van der Waals surface area contributed by atoms with Crippen LogP contribution in [-0.4, -0.2) is 64.7 Å². The Labute approximate surface area is 169 Å². The van der Waals surface area contributed by atoms with Crippen LogP contribution in [0.3, 0.4) is 0 Å². The lowest BCUT2D eigenvalue weighted by molar-refractivity contribution is 0.0622. The van der Waals surface area contributed by atoms with Crippen LogP contribution in [0.1, 0.15) is 34.6 Å². The lowest BCUT2D eigenvalue weighted by Gasteiger charge is -2.34. The van der Waals surface area contributed by atoms with Crippen molar-refractivity contribution in [2.45, 2.75) is 32.4 Å². The molecule has 1 aromatic heterocycles. The van der Waals surface area contributed by atoms with Gasteiger partial charge in [-0.15, -0.1) is 0 Å². The summed E-state index contributed by atoms with van der Waals surface area (Å²) in [7, 11) is 0. The standard InChI is InChI=1S/C21H25N5O3/c1-14-10-17(24-21(22-14)23-16-3-4-16)20(27)26-8-6-25(7-9-26)12-15-2-5-18-19(11-15)29-13-28-18/h2,5,10-11,16H,3-4,6-9,12-13H2,1H3,(H,22,23,24). The molecule has 8 heteroatoms. The summed E-state index contributed by atoms with van der Waals surface area (Å²) in [6.07, 6.45) is 2.29. The van der Waals surface area contributed by atoms with Crippen LogP contribution in [0.2, 0.25) is 0 Å². The molecule has 0 radical (unpaired) electrons. The Hall–Kier alpha value is -2.87. The predicted molar refractivity (Wildman–Crippen MR) is 107 cm³/mol. The second-order valence-electron chi connectivity index (χ2n) is 7.89. The van der Waals surface area contributed by atoms with Crippen LogP contribution in [0.15, 0.2) is 24.3 Å². The largest absolute Gasteiger partial charge is 0.454 e. The summed E-state index contributed by atoms with van der Waals surface area (Å²) in [5, 5.41) is 3.29. The lowest BCUT2D eigenvalue weighted by Crippen LogP contribution is -2.48. The number of nitrogens with zero attached hydrogens (tertiary/aromatic N) is 4. The van der Waals surface area contributed by atoms with Crippen LogP contribution in [0.5, 0.6) is 11.5 Å². The third-order valence-electron chi connectivity index (χ3n) is 5.49. The molecule has 3 heterocycles. The van der Waals surface area contributed by atoms with Gasteiger partial charge in [0.05, 0.1) is 0 Å². The number of aromatic nitrogens is 2. The molecule has 1 amide bonds. The van der Waals surface area contributed by atoms with E-state index < -0.39 is 0 Å². The Bertz CT molecular complexity index is 923. The molecule has 1 aromatic carbocycles. The van der Waals surface area contributed by atoms with E-state index in [0.717, 1.165) is 49.7 Å². The van der Waals surface area contributed by atoms with Crippen LogP contribution >= 0.6 is 0 Å². The molecule has 2 fully saturated rings. The molecule has 0 unspecified atom stereocenters. The molecule has 8 nitrogen and oxygen atoms in total. The maximum absolute atomic E-state index is 13.0. The van der Waals surface area contributed by atoms with E-state index in [1.165, 1.54) is 5.56 Å². The summed E-state index contributed by atoms with van der Waals surface area (Å²) < 4.78 is 10.8. The topological polar surface area (TPSA) is 79.8 Å². The van der Waals surface area contributed by atoms with Gasteiger partial charge in [-0.2, -0.15) is 0 Å². The molecule has 1 aliphatic carbocycles. The highest BCUT2D eigenvalue weighted by Gasteiger charge is 2.26. The molecule has 2 aliphatic heterocycles. The number of fused-ring (bicyclic) bond motifs is 1. The number of aryl methyl sites for hydroxylation is 1. The van der Waals surface area contributed by atoms with Crippen LogP contribution in [0.25, 0.3) is 0 Å². The smallest absolute Gasteiger partial charge is 0.272 e. The summed E-state index contributed by atoms with van der Waals surface area (Å²) in [5.41, 5.74) is 2.48. The summed E-state index contributed by atoms with van der Waals surface area (Å²) in [5.74, 6) is 2.17. The van der Waals surface area contributed by atoms with Gasteiger partial charge in [0.2, 0.25) is 12.7 Å². The summed E-state index contributed by atoms with van der Waals surface area (Å²) in [6.45, 7) is 6.07. The van der Waals surface area contributed by atoms with Crippen molar-refractivity contribution in [2.75, 3.05) is 38.3 Å². The maximum atomic E-state index is 13.0. The van der Waals surface area contributed by atoms with Gasteiger partial charge in [0.1, 0.15) is 5.69 Å². The van der Waals surface area contributed by atoms with Gasteiger partial charge in [0, 0.05) is 44.5 Å². The quantitative estimate of drug-likeness (QED) is 0.830. The van der Waals surface area contributed by atoms with Crippen LogP contribution in [0, 0.1) is 6.92 Å². The zero-order valence-electron chi connectivity index (χ0n) is 16.6. The molecule has 0 bridgehead atoms. The number of hydrogen-bond donors (Lipinski definition) is 1. The van der Waals surface area contributed by atoms with Crippen LogP contribution in [0.4, 0.5) is 5.95 Å². The lowest BCUT2D eigenvalue weighted by atomic mass is 10.1. The summed E-state index contributed by atoms with van der Waals surface area (Å²) in [6, 6.07) is 8.31. The van der Waals surface area contributed by atoms with Gasteiger partial charge in [-0.3, -0.25) is 9.69 Å². The van der Waals surface area contributed by atoms with E-state index in [1.807, 2.05) is 24.0 Å². The molecule has 1 saturated carbocycles. The third-order valence-corrected chi connectivity index (χ3v) is 5.49. The first kappa shape index (κ1) is 18.2. The maximum Gasteiger partial charge on any atom is 0.272 e. The average molecular weight is 395 g/mol. The van der Waals surface area contributed by atoms with Crippen molar-refractivity contribution in [2.24, 2.45) is 0 Å². The van der Waals surface area contributed by atoms with Crippen molar-refractivity contribution in [3.05, 3.63) is 41.2 Å². The second-order valence-corrected chi connectivity index (χ2v) is 7.89. The van der Waals surface area contributed by atoms with Gasteiger partial charge in [-0.25, -0.2) is 9.97 Å². The first-order valence-electron chi connectivity index (χ1n) is 10.2. The van der Waals surface area contributed by atoms with Crippen molar-refractivity contribution in [3.8, 4) is 11.5 Å². The minimum absolute atomic E-state index is 0.0166.